The summed E-state index contributed by atoms with van der Waals surface area (Å²) in [4.78, 5) is 2.38. The predicted molar refractivity (Wildman–Crippen MR) is 76.9 cm³/mol. The summed E-state index contributed by atoms with van der Waals surface area (Å²) in [5.74, 6) is 0. The summed E-state index contributed by atoms with van der Waals surface area (Å²) in [7, 11) is 1.51. The Kier molecular flexibility index (Phi) is 6.82. The van der Waals surface area contributed by atoms with Gasteiger partial charge in [-0.15, -0.1) is 0 Å². The Labute approximate surface area is 120 Å². The fraction of sp³-hybridized carbons (Fsp3) is 0.750. The van der Waals surface area contributed by atoms with Crippen LogP contribution in [0, 0.1) is 0 Å². The monoisotopic (exact) mass is 307 g/mol. The standard InChI is InChI=1S/C10H16ClN3O2S.C2H6/c11-17(15,16)10-4-7-14(12-10)9-8-13-5-2-1-3-6-13;1-2/h4,7H,1-3,5-6,8-9H2;1-2H3. The van der Waals surface area contributed by atoms with Crippen LogP contribution in [0.3, 0.4) is 0 Å². The van der Waals surface area contributed by atoms with Crippen LogP contribution in [-0.4, -0.2) is 42.7 Å². The van der Waals surface area contributed by atoms with Gasteiger partial charge in [0.25, 0.3) is 9.05 Å². The van der Waals surface area contributed by atoms with Crippen molar-refractivity contribution in [1.29, 1.82) is 0 Å². The molecular formula is C12H22ClN3O2S. The second-order valence-electron chi connectivity index (χ2n) is 4.26. The molecule has 1 aliphatic heterocycles. The van der Waals surface area contributed by atoms with Gasteiger partial charge in [0.15, 0.2) is 5.03 Å². The van der Waals surface area contributed by atoms with Crippen molar-refractivity contribution in [3.8, 4) is 0 Å². The van der Waals surface area contributed by atoms with Gasteiger partial charge >= 0.3 is 0 Å². The van der Waals surface area contributed by atoms with E-state index in [2.05, 4.69) is 10.00 Å². The molecule has 1 aromatic rings. The number of halogens is 1. The molecule has 0 radical (unpaired) electrons. The number of hydrogen-bond donors (Lipinski definition) is 0. The van der Waals surface area contributed by atoms with Crippen LogP contribution in [0.4, 0.5) is 0 Å². The molecule has 0 aliphatic carbocycles. The van der Waals surface area contributed by atoms with Crippen molar-refractivity contribution in [2.45, 2.75) is 44.7 Å². The highest BCUT2D eigenvalue weighted by Crippen LogP contribution is 2.12. The molecule has 2 rings (SSSR count). The Bertz CT molecular complexity index is 467. The number of aromatic nitrogens is 2. The van der Waals surface area contributed by atoms with Crippen LogP contribution in [0.25, 0.3) is 0 Å². The first-order valence-electron chi connectivity index (χ1n) is 6.76. The summed E-state index contributed by atoms with van der Waals surface area (Å²) in [5, 5.41) is 3.86. The van der Waals surface area contributed by atoms with Gasteiger partial charge in [0, 0.05) is 23.4 Å². The molecular weight excluding hydrogens is 286 g/mol. The predicted octanol–water partition coefficient (Wildman–Crippen LogP) is 2.32. The van der Waals surface area contributed by atoms with Gasteiger partial charge in [-0.3, -0.25) is 4.68 Å². The van der Waals surface area contributed by atoms with Crippen molar-refractivity contribution in [3.63, 3.8) is 0 Å². The van der Waals surface area contributed by atoms with E-state index in [1.807, 2.05) is 13.8 Å². The van der Waals surface area contributed by atoms with Crippen molar-refractivity contribution < 1.29 is 8.42 Å². The third-order valence-electron chi connectivity index (χ3n) is 2.96. The lowest BCUT2D eigenvalue weighted by Crippen LogP contribution is -2.32. The maximum Gasteiger partial charge on any atom is 0.280 e. The molecule has 0 aromatic carbocycles. The summed E-state index contributed by atoms with van der Waals surface area (Å²) >= 11 is 0. The first-order valence-corrected chi connectivity index (χ1v) is 9.07. The fourth-order valence-electron chi connectivity index (χ4n) is 2.02. The highest BCUT2D eigenvalue weighted by Gasteiger charge is 2.14. The summed E-state index contributed by atoms with van der Waals surface area (Å²) < 4.78 is 23.7. The van der Waals surface area contributed by atoms with Crippen molar-refractivity contribution in [2.75, 3.05) is 19.6 Å². The largest absolute Gasteiger partial charge is 0.301 e. The summed E-state index contributed by atoms with van der Waals surface area (Å²) in [5.41, 5.74) is 0. The lowest BCUT2D eigenvalue weighted by molar-refractivity contribution is 0.217. The highest BCUT2D eigenvalue weighted by molar-refractivity contribution is 8.13. The molecule has 0 spiro atoms. The number of nitrogens with zero attached hydrogens (tertiary/aromatic N) is 3. The smallest absolute Gasteiger partial charge is 0.280 e. The molecule has 0 unspecified atom stereocenters. The molecule has 1 aliphatic rings. The fourth-order valence-corrected chi connectivity index (χ4v) is 2.70. The quantitative estimate of drug-likeness (QED) is 0.801. The number of hydrogen-bond acceptors (Lipinski definition) is 4. The Morgan fingerprint density at radius 2 is 1.84 bits per heavy atom. The number of rotatable bonds is 4. The van der Waals surface area contributed by atoms with Crippen LogP contribution >= 0.6 is 10.7 Å². The normalized spacial score (nSPS) is 16.8. The van der Waals surface area contributed by atoms with Gasteiger partial charge in [-0.05, 0) is 32.0 Å². The van der Waals surface area contributed by atoms with E-state index in [-0.39, 0.29) is 5.03 Å². The number of likely N-dealkylation sites (tertiary alicyclic amines) is 1. The average Bonchev–Trinajstić information content (AvgIpc) is 2.89. The van der Waals surface area contributed by atoms with Gasteiger partial charge < -0.3 is 4.90 Å². The van der Waals surface area contributed by atoms with E-state index in [1.54, 1.807) is 10.9 Å². The Balaban J connectivity index is 0.000000861. The topological polar surface area (TPSA) is 55.2 Å². The minimum absolute atomic E-state index is 0.0715. The Hall–Kier alpha value is -0.590. The van der Waals surface area contributed by atoms with Crippen LogP contribution in [0.5, 0.6) is 0 Å². The second kappa shape index (κ2) is 7.87. The summed E-state index contributed by atoms with van der Waals surface area (Å²) in [6.07, 6.45) is 5.47. The summed E-state index contributed by atoms with van der Waals surface area (Å²) in [6.45, 7) is 7.86. The molecule has 0 atom stereocenters. The second-order valence-corrected chi connectivity index (χ2v) is 6.77. The zero-order valence-corrected chi connectivity index (χ0v) is 13.1. The van der Waals surface area contributed by atoms with Crippen molar-refractivity contribution in [1.82, 2.24) is 14.7 Å². The van der Waals surface area contributed by atoms with Crippen LogP contribution in [-0.2, 0) is 15.6 Å². The van der Waals surface area contributed by atoms with E-state index in [9.17, 15) is 8.42 Å². The maximum absolute atomic E-state index is 11.0. The Morgan fingerprint density at radius 1 is 1.21 bits per heavy atom. The lowest BCUT2D eigenvalue weighted by atomic mass is 10.1. The molecule has 5 nitrogen and oxygen atoms in total. The highest BCUT2D eigenvalue weighted by atomic mass is 35.7. The van der Waals surface area contributed by atoms with Gasteiger partial charge in [-0.2, -0.15) is 5.10 Å². The average molecular weight is 308 g/mol. The third-order valence-corrected chi connectivity index (χ3v) is 4.15. The molecule has 0 amide bonds. The van der Waals surface area contributed by atoms with Crippen molar-refractivity contribution >= 4 is 19.7 Å². The van der Waals surface area contributed by atoms with E-state index in [1.165, 1.54) is 25.3 Å². The van der Waals surface area contributed by atoms with Crippen LogP contribution in [0.1, 0.15) is 33.1 Å². The van der Waals surface area contributed by atoms with E-state index in [0.717, 1.165) is 19.6 Å². The molecule has 1 saturated heterocycles. The molecule has 1 aromatic heterocycles. The molecule has 110 valence electrons. The van der Waals surface area contributed by atoms with Crippen LogP contribution < -0.4 is 0 Å². The summed E-state index contributed by atoms with van der Waals surface area (Å²) in [6, 6.07) is 1.43. The van der Waals surface area contributed by atoms with E-state index >= 15 is 0 Å². The molecule has 1 fully saturated rings. The zero-order valence-electron chi connectivity index (χ0n) is 11.5. The lowest BCUT2D eigenvalue weighted by Gasteiger charge is -2.26. The van der Waals surface area contributed by atoms with Crippen LogP contribution in [0.2, 0.25) is 0 Å². The number of piperidine rings is 1. The van der Waals surface area contributed by atoms with Crippen molar-refractivity contribution in [3.05, 3.63) is 12.3 Å². The van der Waals surface area contributed by atoms with Gasteiger partial charge in [-0.25, -0.2) is 8.42 Å². The molecule has 0 saturated carbocycles. The van der Waals surface area contributed by atoms with Crippen LogP contribution in [0.15, 0.2) is 17.3 Å². The first kappa shape index (κ1) is 16.5. The SMILES string of the molecule is CC.O=S(=O)(Cl)c1ccn(CCN2CCCCC2)n1. The van der Waals surface area contributed by atoms with E-state index < -0.39 is 9.05 Å². The minimum atomic E-state index is -3.70. The Morgan fingerprint density at radius 3 is 2.37 bits per heavy atom. The molecule has 0 N–H and O–H groups in total. The van der Waals surface area contributed by atoms with Gasteiger partial charge in [0.05, 0.1) is 6.54 Å². The minimum Gasteiger partial charge on any atom is -0.301 e. The molecule has 19 heavy (non-hydrogen) atoms. The molecule has 2 heterocycles. The van der Waals surface area contributed by atoms with E-state index in [0.29, 0.717) is 6.54 Å². The maximum atomic E-state index is 11.0. The molecule has 0 bridgehead atoms. The van der Waals surface area contributed by atoms with E-state index in [4.69, 9.17) is 10.7 Å². The van der Waals surface area contributed by atoms with Gasteiger partial charge in [-0.1, -0.05) is 20.3 Å². The first-order chi connectivity index (χ1) is 9.05. The molecule has 7 heteroatoms. The third kappa shape index (κ3) is 5.50. The van der Waals surface area contributed by atoms with Crippen molar-refractivity contribution in [2.24, 2.45) is 0 Å². The zero-order chi connectivity index (χ0) is 14.3. The van der Waals surface area contributed by atoms with Gasteiger partial charge in [0.1, 0.15) is 0 Å². The van der Waals surface area contributed by atoms with Gasteiger partial charge in [0.2, 0.25) is 0 Å².